The highest BCUT2D eigenvalue weighted by molar-refractivity contribution is 14.1. The summed E-state index contributed by atoms with van der Waals surface area (Å²) in [5.74, 6) is 0.922. The largest absolute Gasteiger partial charge is 0.496 e. The van der Waals surface area contributed by atoms with Gasteiger partial charge in [0.05, 0.1) is 16.8 Å². The van der Waals surface area contributed by atoms with Gasteiger partial charge < -0.3 is 9.84 Å². The minimum atomic E-state index is -0.141. The zero-order valence-corrected chi connectivity index (χ0v) is 11.5. The minimum Gasteiger partial charge on any atom is -0.496 e. The van der Waals surface area contributed by atoms with E-state index in [1.807, 2.05) is 6.07 Å². The van der Waals surface area contributed by atoms with Crippen molar-refractivity contribution in [3.8, 4) is 5.75 Å². The van der Waals surface area contributed by atoms with Gasteiger partial charge in [-0.3, -0.25) is 4.90 Å². The van der Waals surface area contributed by atoms with E-state index in [-0.39, 0.29) is 6.10 Å². The minimum absolute atomic E-state index is 0.141. The molecule has 1 N–H and O–H groups in total. The molecule has 1 saturated heterocycles. The molecule has 88 valence electrons. The van der Waals surface area contributed by atoms with E-state index >= 15 is 0 Å². The molecule has 1 aliphatic rings. The van der Waals surface area contributed by atoms with Crippen LogP contribution in [0.25, 0.3) is 0 Å². The maximum atomic E-state index is 9.45. The molecule has 16 heavy (non-hydrogen) atoms. The van der Waals surface area contributed by atoms with E-state index < -0.39 is 0 Å². The molecule has 4 heteroatoms. The number of likely N-dealkylation sites (tertiary alicyclic amines) is 1. The van der Waals surface area contributed by atoms with Crippen LogP contribution in [-0.4, -0.2) is 36.3 Å². The second-order valence-corrected chi connectivity index (χ2v) is 5.31. The predicted molar refractivity (Wildman–Crippen MR) is 71.6 cm³/mol. The molecule has 0 aromatic heterocycles. The molecule has 0 aliphatic carbocycles. The van der Waals surface area contributed by atoms with Crippen molar-refractivity contribution in [3.05, 3.63) is 27.3 Å². The Morgan fingerprint density at radius 2 is 2.38 bits per heavy atom. The number of benzene rings is 1. The maximum Gasteiger partial charge on any atom is 0.132 e. The van der Waals surface area contributed by atoms with Crippen LogP contribution < -0.4 is 4.74 Å². The number of rotatable bonds is 3. The molecule has 0 saturated carbocycles. The molecule has 1 fully saturated rings. The fourth-order valence-corrected chi connectivity index (χ4v) is 2.82. The van der Waals surface area contributed by atoms with Crippen molar-refractivity contribution >= 4 is 22.6 Å². The zero-order chi connectivity index (χ0) is 11.5. The Hall–Kier alpha value is -0.330. The average Bonchev–Trinajstić information content (AvgIpc) is 2.64. The Labute approximate surface area is 110 Å². The van der Waals surface area contributed by atoms with Gasteiger partial charge in [0.15, 0.2) is 0 Å². The summed E-state index contributed by atoms with van der Waals surface area (Å²) < 4.78 is 6.36. The maximum absolute atomic E-state index is 9.45. The summed E-state index contributed by atoms with van der Waals surface area (Å²) in [6.07, 6.45) is 0.755. The van der Waals surface area contributed by atoms with Crippen molar-refractivity contribution in [2.45, 2.75) is 19.1 Å². The van der Waals surface area contributed by atoms with Crippen molar-refractivity contribution in [1.29, 1.82) is 0 Å². The number of methoxy groups -OCH3 is 1. The van der Waals surface area contributed by atoms with Crippen molar-refractivity contribution in [3.63, 3.8) is 0 Å². The van der Waals surface area contributed by atoms with Crippen LogP contribution in [0, 0.1) is 3.57 Å². The summed E-state index contributed by atoms with van der Waals surface area (Å²) in [5.41, 5.74) is 1.28. The van der Waals surface area contributed by atoms with Gasteiger partial charge >= 0.3 is 0 Å². The van der Waals surface area contributed by atoms with E-state index in [2.05, 4.69) is 39.6 Å². The van der Waals surface area contributed by atoms with E-state index in [4.69, 9.17) is 4.74 Å². The van der Waals surface area contributed by atoms with Gasteiger partial charge in [0.25, 0.3) is 0 Å². The molecule has 1 heterocycles. The topological polar surface area (TPSA) is 32.7 Å². The van der Waals surface area contributed by atoms with E-state index in [0.717, 1.165) is 35.4 Å². The Morgan fingerprint density at radius 1 is 1.56 bits per heavy atom. The summed E-state index contributed by atoms with van der Waals surface area (Å²) in [6, 6.07) is 6.24. The fourth-order valence-electron chi connectivity index (χ4n) is 2.02. The van der Waals surface area contributed by atoms with Crippen molar-refractivity contribution < 1.29 is 9.84 Å². The number of nitrogens with zero attached hydrogens (tertiary/aromatic N) is 1. The lowest BCUT2D eigenvalue weighted by molar-refractivity contribution is 0.175. The van der Waals surface area contributed by atoms with Crippen LogP contribution in [0.1, 0.15) is 12.0 Å². The Bertz CT molecular complexity index is 370. The van der Waals surface area contributed by atoms with Gasteiger partial charge in [0.2, 0.25) is 0 Å². The third-order valence-corrected chi connectivity index (χ3v) is 3.71. The molecule has 1 aliphatic heterocycles. The lowest BCUT2D eigenvalue weighted by Gasteiger charge is -2.15. The summed E-state index contributed by atoms with van der Waals surface area (Å²) >= 11 is 2.28. The van der Waals surface area contributed by atoms with Gasteiger partial charge in [0, 0.05) is 19.6 Å². The molecule has 1 atom stereocenters. The normalized spacial score (nSPS) is 21.3. The van der Waals surface area contributed by atoms with Gasteiger partial charge in [-0.2, -0.15) is 0 Å². The molecule has 1 unspecified atom stereocenters. The van der Waals surface area contributed by atoms with E-state index in [9.17, 15) is 5.11 Å². The summed E-state index contributed by atoms with van der Waals surface area (Å²) in [4.78, 5) is 2.28. The van der Waals surface area contributed by atoms with Crippen molar-refractivity contribution in [2.24, 2.45) is 0 Å². The standard InChI is InChI=1S/C12H16INO2/c1-16-12-3-2-9(6-11(12)13)7-14-5-4-10(15)8-14/h2-3,6,10,15H,4-5,7-8H2,1H3. The van der Waals surface area contributed by atoms with Crippen molar-refractivity contribution in [2.75, 3.05) is 20.2 Å². The number of aliphatic hydroxyl groups is 1. The predicted octanol–water partition coefficient (Wildman–Crippen LogP) is 1.87. The summed E-state index contributed by atoms with van der Waals surface area (Å²) in [5, 5.41) is 9.45. The molecular formula is C12H16INO2. The summed E-state index contributed by atoms with van der Waals surface area (Å²) in [6.45, 7) is 2.70. The first kappa shape index (κ1) is 12.1. The number of aliphatic hydroxyl groups excluding tert-OH is 1. The molecule has 0 spiro atoms. The van der Waals surface area contributed by atoms with Crippen molar-refractivity contribution in [1.82, 2.24) is 4.90 Å². The smallest absolute Gasteiger partial charge is 0.132 e. The number of hydrogen-bond donors (Lipinski definition) is 1. The van der Waals surface area contributed by atoms with Crippen LogP contribution in [-0.2, 0) is 6.54 Å². The Balaban J connectivity index is 2.02. The highest BCUT2D eigenvalue weighted by Gasteiger charge is 2.20. The summed E-state index contributed by atoms with van der Waals surface area (Å²) in [7, 11) is 1.69. The monoisotopic (exact) mass is 333 g/mol. The number of β-amino-alcohol motifs (C(OH)–C–C–N with tert-alkyl or cyclic N) is 1. The lowest BCUT2D eigenvalue weighted by atomic mass is 10.2. The van der Waals surface area contributed by atoms with E-state index in [0.29, 0.717) is 0 Å². The molecule has 3 nitrogen and oxygen atoms in total. The van der Waals surface area contributed by atoms with Gasteiger partial charge in [-0.25, -0.2) is 0 Å². The van der Waals surface area contributed by atoms with Crippen LogP contribution in [0.2, 0.25) is 0 Å². The first-order valence-electron chi connectivity index (χ1n) is 5.42. The highest BCUT2D eigenvalue weighted by atomic mass is 127. The third kappa shape index (κ3) is 2.87. The number of halogens is 1. The molecule has 1 aromatic rings. The number of ether oxygens (including phenoxy) is 1. The molecule has 2 rings (SSSR count). The van der Waals surface area contributed by atoms with Crippen LogP contribution in [0.15, 0.2) is 18.2 Å². The lowest BCUT2D eigenvalue weighted by Crippen LogP contribution is -2.21. The Morgan fingerprint density at radius 3 is 2.94 bits per heavy atom. The van der Waals surface area contributed by atoms with Crippen LogP contribution >= 0.6 is 22.6 Å². The molecule has 0 amide bonds. The van der Waals surface area contributed by atoms with Gasteiger partial charge in [0.1, 0.15) is 5.75 Å². The molecule has 1 aromatic carbocycles. The van der Waals surface area contributed by atoms with E-state index in [1.165, 1.54) is 5.56 Å². The van der Waals surface area contributed by atoms with Crippen LogP contribution in [0.3, 0.4) is 0 Å². The first-order valence-corrected chi connectivity index (χ1v) is 6.50. The average molecular weight is 333 g/mol. The second kappa shape index (κ2) is 5.33. The molecule has 0 bridgehead atoms. The second-order valence-electron chi connectivity index (χ2n) is 4.15. The molecular weight excluding hydrogens is 317 g/mol. The first-order chi connectivity index (χ1) is 7.69. The highest BCUT2D eigenvalue weighted by Crippen LogP contribution is 2.23. The SMILES string of the molecule is COc1ccc(CN2CCC(O)C2)cc1I. The Kier molecular flexibility index (Phi) is 4.05. The fraction of sp³-hybridized carbons (Fsp3) is 0.500. The third-order valence-electron chi connectivity index (χ3n) is 2.87. The van der Waals surface area contributed by atoms with Crippen LogP contribution in [0.5, 0.6) is 5.75 Å². The quantitative estimate of drug-likeness (QED) is 0.858. The van der Waals surface area contributed by atoms with E-state index in [1.54, 1.807) is 7.11 Å². The van der Waals surface area contributed by atoms with Crippen LogP contribution in [0.4, 0.5) is 0 Å². The van der Waals surface area contributed by atoms with Gasteiger partial charge in [-0.05, 0) is 46.7 Å². The van der Waals surface area contributed by atoms with Gasteiger partial charge in [-0.15, -0.1) is 0 Å². The zero-order valence-electron chi connectivity index (χ0n) is 9.32. The van der Waals surface area contributed by atoms with Gasteiger partial charge in [-0.1, -0.05) is 6.07 Å². The molecule has 0 radical (unpaired) electrons. The number of hydrogen-bond acceptors (Lipinski definition) is 3.